The SMILES string of the molecule is CC(C)n1ncc2cc(C(=O)O[C@@H](C)C(=O)NC3CCCC3)cnc21. The Hall–Kier alpha value is -2.44. The van der Waals surface area contributed by atoms with E-state index in [1.165, 1.54) is 6.20 Å². The van der Waals surface area contributed by atoms with E-state index in [9.17, 15) is 9.59 Å². The summed E-state index contributed by atoms with van der Waals surface area (Å²) in [5.41, 5.74) is 1.04. The third-order valence-corrected chi connectivity index (χ3v) is 4.51. The maximum atomic E-state index is 12.3. The van der Waals surface area contributed by atoms with Gasteiger partial charge in [-0.2, -0.15) is 5.10 Å². The zero-order valence-electron chi connectivity index (χ0n) is 14.9. The van der Waals surface area contributed by atoms with Gasteiger partial charge in [0.05, 0.1) is 11.8 Å². The van der Waals surface area contributed by atoms with E-state index in [0.29, 0.717) is 5.56 Å². The minimum absolute atomic E-state index is 0.183. The van der Waals surface area contributed by atoms with Gasteiger partial charge in [-0.05, 0) is 39.7 Å². The van der Waals surface area contributed by atoms with Gasteiger partial charge in [-0.1, -0.05) is 12.8 Å². The molecular weight excluding hydrogens is 320 g/mol. The molecule has 0 aliphatic heterocycles. The Bertz CT molecular complexity index is 778. The van der Waals surface area contributed by atoms with E-state index in [1.807, 2.05) is 13.8 Å². The van der Waals surface area contributed by atoms with Crippen molar-refractivity contribution < 1.29 is 14.3 Å². The van der Waals surface area contributed by atoms with Crippen molar-refractivity contribution in [3.8, 4) is 0 Å². The summed E-state index contributed by atoms with van der Waals surface area (Å²) in [7, 11) is 0. The lowest BCUT2D eigenvalue weighted by Gasteiger charge is -2.17. The molecule has 1 atom stereocenters. The molecule has 134 valence electrons. The molecule has 1 saturated carbocycles. The number of fused-ring (bicyclic) bond motifs is 1. The molecule has 1 amide bonds. The summed E-state index contributed by atoms with van der Waals surface area (Å²) in [5, 5.41) is 7.99. The molecule has 0 spiro atoms. The molecule has 7 heteroatoms. The summed E-state index contributed by atoms with van der Waals surface area (Å²) in [6.45, 7) is 5.62. The fourth-order valence-corrected chi connectivity index (χ4v) is 3.10. The number of carbonyl (C=O) groups excluding carboxylic acids is 2. The number of pyridine rings is 1. The Kier molecular flexibility index (Phi) is 5.01. The van der Waals surface area contributed by atoms with Crippen LogP contribution >= 0.6 is 0 Å². The quantitative estimate of drug-likeness (QED) is 0.843. The largest absolute Gasteiger partial charge is 0.449 e. The van der Waals surface area contributed by atoms with Crippen molar-refractivity contribution in [2.75, 3.05) is 0 Å². The fraction of sp³-hybridized carbons (Fsp3) is 0.556. The first-order chi connectivity index (χ1) is 12.0. The second kappa shape index (κ2) is 7.21. The number of amides is 1. The molecule has 3 rings (SSSR count). The lowest BCUT2D eigenvalue weighted by Crippen LogP contribution is -2.40. The van der Waals surface area contributed by atoms with Crippen molar-refractivity contribution in [2.45, 2.75) is 64.6 Å². The monoisotopic (exact) mass is 344 g/mol. The van der Waals surface area contributed by atoms with Crippen LogP contribution in [0, 0.1) is 0 Å². The van der Waals surface area contributed by atoms with Crippen LogP contribution in [0.15, 0.2) is 18.5 Å². The number of esters is 1. The minimum Gasteiger partial charge on any atom is -0.449 e. The van der Waals surface area contributed by atoms with Gasteiger partial charge >= 0.3 is 5.97 Å². The molecule has 7 nitrogen and oxygen atoms in total. The van der Waals surface area contributed by atoms with Gasteiger partial charge in [-0.15, -0.1) is 0 Å². The van der Waals surface area contributed by atoms with Gasteiger partial charge < -0.3 is 10.1 Å². The number of hydrogen-bond acceptors (Lipinski definition) is 5. The molecule has 0 unspecified atom stereocenters. The molecule has 0 saturated heterocycles. The molecule has 2 heterocycles. The summed E-state index contributed by atoms with van der Waals surface area (Å²) in [4.78, 5) is 28.8. The molecular formula is C18H24N4O3. The third kappa shape index (κ3) is 3.81. The third-order valence-electron chi connectivity index (χ3n) is 4.51. The first-order valence-corrected chi connectivity index (χ1v) is 8.80. The van der Waals surface area contributed by atoms with Crippen molar-refractivity contribution in [2.24, 2.45) is 0 Å². The summed E-state index contributed by atoms with van der Waals surface area (Å²) in [6.07, 6.45) is 6.56. The number of nitrogens with one attached hydrogen (secondary N) is 1. The lowest BCUT2D eigenvalue weighted by molar-refractivity contribution is -0.129. The molecule has 0 bridgehead atoms. The zero-order chi connectivity index (χ0) is 18.0. The van der Waals surface area contributed by atoms with Crippen molar-refractivity contribution in [3.63, 3.8) is 0 Å². The first kappa shape index (κ1) is 17.4. The lowest BCUT2D eigenvalue weighted by atomic mass is 10.2. The molecule has 2 aromatic heterocycles. The van der Waals surface area contributed by atoms with Crippen LogP contribution in [0.5, 0.6) is 0 Å². The van der Waals surface area contributed by atoms with Crippen molar-refractivity contribution in [3.05, 3.63) is 24.0 Å². The standard InChI is InChI=1S/C18H24N4O3/c1-11(2)22-16-13(10-20-22)8-14(9-19-16)18(24)25-12(3)17(23)21-15-6-4-5-7-15/h8-12,15H,4-7H2,1-3H3,(H,21,23)/t12-/m0/s1. The Labute approximate surface area is 146 Å². The smallest absolute Gasteiger partial charge is 0.340 e. The maximum absolute atomic E-state index is 12.3. The van der Waals surface area contributed by atoms with Crippen molar-refractivity contribution in [1.29, 1.82) is 0 Å². The average Bonchev–Trinajstić information content (AvgIpc) is 3.22. The van der Waals surface area contributed by atoms with Gasteiger partial charge in [-0.3, -0.25) is 4.79 Å². The van der Waals surface area contributed by atoms with Crippen molar-refractivity contribution >= 4 is 22.9 Å². The molecule has 2 aromatic rings. The highest BCUT2D eigenvalue weighted by Crippen LogP contribution is 2.19. The molecule has 25 heavy (non-hydrogen) atoms. The average molecular weight is 344 g/mol. The normalized spacial score (nSPS) is 16.3. The summed E-state index contributed by atoms with van der Waals surface area (Å²) in [5.74, 6) is -0.803. The molecule has 1 aliphatic carbocycles. The van der Waals surface area contributed by atoms with E-state index in [2.05, 4.69) is 15.4 Å². The maximum Gasteiger partial charge on any atom is 0.340 e. The number of rotatable bonds is 5. The molecule has 1 fully saturated rings. The van der Waals surface area contributed by atoms with E-state index in [1.54, 1.807) is 23.9 Å². The molecule has 0 radical (unpaired) electrons. The van der Waals surface area contributed by atoms with Gasteiger partial charge in [0.15, 0.2) is 11.8 Å². The van der Waals surface area contributed by atoms with Gasteiger partial charge in [0.1, 0.15) is 0 Å². The highest BCUT2D eigenvalue weighted by atomic mass is 16.5. The van der Waals surface area contributed by atoms with E-state index in [4.69, 9.17) is 4.74 Å². The second-order valence-electron chi connectivity index (χ2n) is 6.86. The molecule has 0 aromatic carbocycles. The topological polar surface area (TPSA) is 86.1 Å². The van der Waals surface area contributed by atoms with Crippen LogP contribution in [0.4, 0.5) is 0 Å². The van der Waals surface area contributed by atoms with Gasteiger partial charge in [-0.25, -0.2) is 14.5 Å². The van der Waals surface area contributed by atoms with E-state index < -0.39 is 12.1 Å². The van der Waals surface area contributed by atoms with Gasteiger partial charge in [0.25, 0.3) is 5.91 Å². The summed E-state index contributed by atoms with van der Waals surface area (Å²) >= 11 is 0. The number of nitrogens with zero attached hydrogens (tertiary/aromatic N) is 3. The Morgan fingerprint density at radius 2 is 1.96 bits per heavy atom. The highest BCUT2D eigenvalue weighted by Gasteiger charge is 2.24. The molecule has 1 aliphatic rings. The highest BCUT2D eigenvalue weighted by molar-refractivity contribution is 5.94. The zero-order valence-corrected chi connectivity index (χ0v) is 14.9. The molecule has 1 N–H and O–H groups in total. The minimum atomic E-state index is -0.831. The Morgan fingerprint density at radius 3 is 2.64 bits per heavy atom. The Balaban J connectivity index is 1.66. The van der Waals surface area contributed by atoms with Crippen LogP contribution < -0.4 is 5.32 Å². The second-order valence-corrected chi connectivity index (χ2v) is 6.86. The summed E-state index contributed by atoms with van der Waals surface area (Å²) < 4.78 is 7.09. The van der Waals surface area contributed by atoms with Crippen LogP contribution in [-0.2, 0) is 9.53 Å². The van der Waals surface area contributed by atoms with Crippen molar-refractivity contribution in [1.82, 2.24) is 20.1 Å². The number of hydrogen-bond donors (Lipinski definition) is 1. The first-order valence-electron chi connectivity index (χ1n) is 8.80. The van der Waals surface area contributed by atoms with E-state index in [0.717, 1.165) is 36.7 Å². The Morgan fingerprint density at radius 1 is 1.24 bits per heavy atom. The fourth-order valence-electron chi connectivity index (χ4n) is 3.10. The van der Waals surface area contributed by atoms with Gasteiger partial charge in [0, 0.05) is 23.7 Å². The van der Waals surface area contributed by atoms with Crippen LogP contribution in [0.25, 0.3) is 11.0 Å². The summed E-state index contributed by atoms with van der Waals surface area (Å²) in [6, 6.07) is 2.08. The van der Waals surface area contributed by atoms with E-state index in [-0.39, 0.29) is 18.0 Å². The van der Waals surface area contributed by atoms with Crippen LogP contribution in [0.1, 0.15) is 62.9 Å². The predicted molar refractivity (Wildman–Crippen MR) is 93.2 cm³/mol. The predicted octanol–water partition coefficient (Wildman–Crippen LogP) is 2.62. The van der Waals surface area contributed by atoms with Gasteiger partial charge in [0.2, 0.25) is 0 Å². The number of ether oxygens (including phenoxy) is 1. The number of aromatic nitrogens is 3. The van der Waals surface area contributed by atoms with E-state index >= 15 is 0 Å². The van der Waals surface area contributed by atoms with Crippen LogP contribution in [0.3, 0.4) is 0 Å². The number of carbonyl (C=O) groups is 2. The van der Waals surface area contributed by atoms with Crippen LogP contribution in [0.2, 0.25) is 0 Å². The van der Waals surface area contributed by atoms with Crippen LogP contribution in [-0.4, -0.2) is 38.8 Å².